The number of methoxy groups -OCH3 is 1. The zero-order chi connectivity index (χ0) is 14.1. The van der Waals surface area contributed by atoms with E-state index in [2.05, 4.69) is 15.1 Å². The molecule has 0 saturated carbocycles. The van der Waals surface area contributed by atoms with Gasteiger partial charge in [0.05, 0.1) is 13.2 Å². The van der Waals surface area contributed by atoms with Crippen LogP contribution in [-0.2, 0) is 0 Å². The van der Waals surface area contributed by atoms with E-state index in [0.717, 1.165) is 44.0 Å². The first-order valence-electron chi connectivity index (χ1n) is 7.20. The fraction of sp³-hybridized carbons (Fsp3) is 0.600. The molecule has 3 saturated heterocycles. The molecule has 110 valence electrons. The highest BCUT2D eigenvalue weighted by Gasteiger charge is 2.37. The highest BCUT2D eigenvalue weighted by Crippen LogP contribution is 2.32. The highest BCUT2D eigenvalue weighted by atomic mass is 19.1. The first-order chi connectivity index (χ1) is 9.72. The first kappa shape index (κ1) is 13.8. The van der Waals surface area contributed by atoms with Gasteiger partial charge in [-0.3, -0.25) is 9.80 Å². The van der Waals surface area contributed by atoms with Crippen molar-refractivity contribution < 1.29 is 9.13 Å². The van der Waals surface area contributed by atoms with Crippen molar-refractivity contribution in [1.82, 2.24) is 15.1 Å². The van der Waals surface area contributed by atoms with E-state index in [9.17, 15) is 4.39 Å². The van der Waals surface area contributed by atoms with Crippen LogP contribution in [-0.4, -0.2) is 62.7 Å². The van der Waals surface area contributed by atoms with Gasteiger partial charge in [0.25, 0.3) is 0 Å². The van der Waals surface area contributed by atoms with Gasteiger partial charge in [-0.15, -0.1) is 0 Å². The topological polar surface area (TPSA) is 27.7 Å². The molecule has 1 N–H and O–H groups in total. The number of piperazine rings is 3. The third-order valence-corrected chi connectivity index (χ3v) is 4.54. The summed E-state index contributed by atoms with van der Waals surface area (Å²) in [5, 5.41) is 3.36. The average Bonchev–Trinajstić information content (AvgIpc) is 2.50. The van der Waals surface area contributed by atoms with E-state index in [4.69, 9.17) is 4.74 Å². The Balaban J connectivity index is 1.91. The number of hydrogen-bond acceptors (Lipinski definition) is 4. The van der Waals surface area contributed by atoms with Crippen LogP contribution in [0.3, 0.4) is 0 Å². The van der Waals surface area contributed by atoms with Crippen molar-refractivity contribution in [2.75, 3.05) is 46.9 Å². The molecule has 2 bridgehead atoms. The minimum atomic E-state index is -0.211. The normalized spacial score (nSPS) is 30.2. The fourth-order valence-corrected chi connectivity index (χ4v) is 3.48. The lowest BCUT2D eigenvalue weighted by Gasteiger charge is -2.50. The van der Waals surface area contributed by atoms with Crippen molar-refractivity contribution >= 4 is 0 Å². The number of halogens is 1. The van der Waals surface area contributed by atoms with Crippen LogP contribution in [0.5, 0.6) is 5.75 Å². The van der Waals surface area contributed by atoms with Gasteiger partial charge in [-0.05, 0) is 25.2 Å². The zero-order valence-corrected chi connectivity index (χ0v) is 12.1. The monoisotopic (exact) mass is 279 g/mol. The number of fused-ring (bicyclic) bond motifs is 3. The summed E-state index contributed by atoms with van der Waals surface area (Å²) in [6, 6.07) is 5.22. The maximum Gasteiger partial charge on any atom is 0.123 e. The summed E-state index contributed by atoms with van der Waals surface area (Å²) in [4.78, 5) is 4.99. The molecule has 0 amide bonds. The van der Waals surface area contributed by atoms with E-state index in [1.807, 2.05) is 7.05 Å². The number of nitrogens with zero attached hydrogens (tertiary/aromatic N) is 2. The maximum atomic E-state index is 13.6. The SMILES string of the molecule is CNC(c1cc(F)ccc1OC)C1CN2CCN1CC2. The van der Waals surface area contributed by atoms with Crippen LogP contribution in [0.4, 0.5) is 4.39 Å². The minimum absolute atomic E-state index is 0.0868. The molecule has 0 aromatic heterocycles. The molecule has 1 aromatic rings. The summed E-state index contributed by atoms with van der Waals surface area (Å²) in [5.41, 5.74) is 0.911. The van der Waals surface area contributed by atoms with Gasteiger partial charge in [-0.1, -0.05) is 0 Å². The third-order valence-electron chi connectivity index (χ3n) is 4.54. The van der Waals surface area contributed by atoms with Crippen molar-refractivity contribution in [1.29, 1.82) is 0 Å². The first-order valence-corrected chi connectivity index (χ1v) is 7.20. The van der Waals surface area contributed by atoms with E-state index >= 15 is 0 Å². The van der Waals surface area contributed by atoms with Crippen LogP contribution in [0.15, 0.2) is 18.2 Å². The quantitative estimate of drug-likeness (QED) is 0.893. The lowest BCUT2D eigenvalue weighted by atomic mass is 9.93. The molecule has 3 aliphatic heterocycles. The molecule has 3 fully saturated rings. The van der Waals surface area contributed by atoms with Gasteiger partial charge in [0, 0.05) is 44.3 Å². The predicted octanol–water partition coefficient (Wildman–Crippen LogP) is 1.09. The van der Waals surface area contributed by atoms with Gasteiger partial charge in [0.2, 0.25) is 0 Å². The van der Waals surface area contributed by atoms with Crippen LogP contribution in [0, 0.1) is 5.82 Å². The zero-order valence-electron chi connectivity index (χ0n) is 12.1. The lowest BCUT2D eigenvalue weighted by molar-refractivity contribution is -0.00289. The molecule has 2 atom stereocenters. The van der Waals surface area contributed by atoms with Gasteiger partial charge >= 0.3 is 0 Å². The summed E-state index contributed by atoms with van der Waals surface area (Å²) < 4.78 is 19.0. The number of rotatable bonds is 4. The van der Waals surface area contributed by atoms with E-state index in [-0.39, 0.29) is 11.9 Å². The smallest absolute Gasteiger partial charge is 0.123 e. The van der Waals surface area contributed by atoms with Crippen LogP contribution in [0.2, 0.25) is 0 Å². The average molecular weight is 279 g/mol. The van der Waals surface area contributed by atoms with Crippen LogP contribution < -0.4 is 10.1 Å². The highest BCUT2D eigenvalue weighted by molar-refractivity contribution is 5.37. The van der Waals surface area contributed by atoms with Gasteiger partial charge in [0.15, 0.2) is 0 Å². The maximum absolute atomic E-state index is 13.6. The van der Waals surface area contributed by atoms with Crippen molar-refractivity contribution in [3.8, 4) is 5.75 Å². The standard InChI is InChI=1S/C15H22FN3O/c1-17-15(12-9-11(16)3-4-14(12)20-2)13-10-18-5-7-19(13)8-6-18/h3-4,9,13,15,17H,5-8,10H2,1-2H3. The van der Waals surface area contributed by atoms with Crippen LogP contribution in [0.25, 0.3) is 0 Å². The summed E-state index contributed by atoms with van der Waals surface area (Å²) in [6.45, 7) is 5.52. The lowest BCUT2D eigenvalue weighted by Crippen LogP contribution is -2.63. The third kappa shape index (κ3) is 2.41. The van der Waals surface area contributed by atoms with Crippen molar-refractivity contribution in [3.05, 3.63) is 29.6 Å². The number of likely N-dealkylation sites (N-methyl/N-ethyl adjacent to an activating group) is 1. The second-order valence-corrected chi connectivity index (χ2v) is 5.56. The molecule has 5 heteroatoms. The Labute approximate surface area is 119 Å². The number of benzene rings is 1. The van der Waals surface area contributed by atoms with E-state index in [0.29, 0.717) is 6.04 Å². The Hall–Kier alpha value is -1.17. The molecular formula is C15H22FN3O. The molecule has 4 nitrogen and oxygen atoms in total. The Morgan fingerprint density at radius 2 is 2.05 bits per heavy atom. The molecule has 20 heavy (non-hydrogen) atoms. The van der Waals surface area contributed by atoms with E-state index in [1.54, 1.807) is 19.2 Å². The van der Waals surface area contributed by atoms with Gasteiger partial charge in [0.1, 0.15) is 11.6 Å². The fourth-order valence-electron chi connectivity index (χ4n) is 3.48. The molecular weight excluding hydrogens is 257 g/mol. The molecule has 1 aromatic carbocycles. The van der Waals surface area contributed by atoms with Crippen molar-refractivity contribution in [2.24, 2.45) is 0 Å². The van der Waals surface area contributed by atoms with E-state index in [1.165, 1.54) is 6.07 Å². The molecule has 3 heterocycles. The molecule has 3 aliphatic rings. The Morgan fingerprint density at radius 3 is 2.60 bits per heavy atom. The minimum Gasteiger partial charge on any atom is -0.496 e. The van der Waals surface area contributed by atoms with Crippen molar-refractivity contribution in [3.63, 3.8) is 0 Å². The molecule has 4 rings (SSSR count). The summed E-state index contributed by atoms with van der Waals surface area (Å²) in [7, 11) is 3.58. The Bertz CT molecular complexity index is 474. The molecule has 0 radical (unpaired) electrons. The predicted molar refractivity (Wildman–Crippen MR) is 76.6 cm³/mol. The van der Waals surface area contributed by atoms with Gasteiger partial charge < -0.3 is 10.1 Å². The van der Waals surface area contributed by atoms with Crippen LogP contribution in [0.1, 0.15) is 11.6 Å². The van der Waals surface area contributed by atoms with Crippen LogP contribution >= 0.6 is 0 Å². The van der Waals surface area contributed by atoms with Crippen molar-refractivity contribution in [2.45, 2.75) is 12.1 Å². The second-order valence-electron chi connectivity index (χ2n) is 5.56. The largest absolute Gasteiger partial charge is 0.496 e. The number of ether oxygens (including phenoxy) is 1. The molecule has 0 aliphatic carbocycles. The molecule has 0 spiro atoms. The summed E-state index contributed by atoms with van der Waals surface area (Å²) in [6.07, 6.45) is 0. The number of hydrogen-bond donors (Lipinski definition) is 1. The van der Waals surface area contributed by atoms with Gasteiger partial charge in [-0.2, -0.15) is 0 Å². The summed E-state index contributed by atoms with van der Waals surface area (Å²) in [5.74, 6) is 0.542. The second kappa shape index (κ2) is 5.68. The Morgan fingerprint density at radius 1 is 1.30 bits per heavy atom. The molecule has 2 unspecified atom stereocenters. The Kier molecular flexibility index (Phi) is 3.92. The van der Waals surface area contributed by atoms with E-state index < -0.39 is 0 Å². The number of nitrogens with one attached hydrogen (secondary N) is 1. The van der Waals surface area contributed by atoms with Gasteiger partial charge in [-0.25, -0.2) is 4.39 Å². The summed E-state index contributed by atoms with van der Waals surface area (Å²) >= 11 is 0.